The predicted octanol–water partition coefficient (Wildman–Crippen LogP) is 4.91. The van der Waals surface area contributed by atoms with Crippen molar-refractivity contribution < 1.29 is 4.79 Å². The van der Waals surface area contributed by atoms with Crippen LogP contribution in [0.1, 0.15) is 52.0 Å². The summed E-state index contributed by atoms with van der Waals surface area (Å²) in [7, 11) is 0. The molecule has 158 valence electrons. The highest BCUT2D eigenvalue weighted by atomic mass is 32.2. The van der Waals surface area contributed by atoms with Gasteiger partial charge in [0.1, 0.15) is 0 Å². The summed E-state index contributed by atoms with van der Waals surface area (Å²) in [5.74, 6) is 0.407. The van der Waals surface area contributed by atoms with E-state index in [9.17, 15) is 9.59 Å². The van der Waals surface area contributed by atoms with Crippen molar-refractivity contribution in [1.82, 2.24) is 14.9 Å². The van der Waals surface area contributed by atoms with Crippen LogP contribution in [0.5, 0.6) is 0 Å². The van der Waals surface area contributed by atoms with Crippen LogP contribution in [0.3, 0.4) is 0 Å². The Morgan fingerprint density at radius 3 is 2.47 bits per heavy atom. The zero-order valence-electron chi connectivity index (χ0n) is 18.0. The van der Waals surface area contributed by atoms with E-state index in [0.29, 0.717) is 28.5 Å². The highest BCUT2D eigenvalue weighted by Gasteiger charge is 2.20. The van der Waals surface area contributed by atoms with Gasteiger partial charge in [0.2, 0.25) is 5.91 Å². The predicted molar refractivity (Wildman–Crippen MR) is 125 cm³/mol. The number of carbonyl (C=O) groups is 1. The van der Waals surface area contributed by atoms with E-state index in [-0.39, 0.29) is 16.7 Å². The van der Waals surface area contributed by atoms with Crippen LogP contribution in [0.15, 0.2) is 58.5 Å². The molecule has 0 saturated carbocycles. The fraction of sp³-hybridized carbons (Fsp3) is 0.375. The maximum Gasteiger partial charge on any atom is 0.266 e. The molecule has 0 aliphatic carbocycles. The SMILES string of the molecule is CCCNC(=O)[C@@H](C)Sc1nc2ccccc2c(=O)n1-c1ccc([C@H](C)CC)cc1. The Kier molecular flexibility index (Phi) is 7.32. The smallest absolute Gasteiger partial charge is 0.266 e. The van der Waals surface area contributed by atoms with Crippen molar-refractivity contribution in [1.29, 1.82) is 0 Å². The number of nitrogens with zero attached hydrogens (tertiary/aromatic N) is 2. The first kappa shape index (κ1) is 22.1. The third-order valence-corrected chi connectivity index (χ3v) is 6.33. The second-order valence-corrected chi connectivity index (χ2v) is 8.81. The zero-order chi connectivity index (χ0) is 21.7. The summed E-state index contributed by atoms with van der Waals surface area (Å²) < 4.78 is 1.62. The van der Waals surface area contributed by atoms with E-state index in [1.165, 1.54) is 17.3 Å². The van der Waals surface area contributed by atoms with Gasteiger partial charge in [-0.15, -0.1) is 0 Å². The number of amides is 1. The number of carbonyl (C=O) groups excluding carboxylic acids is 1. The number of hydrogen-bond acceptors (Lipinski definition) is 4. The fourth-order valence-electron chi connectivity index (χ4n) is 3.21. The molecule has 0 fully saturated rings. The highest BCUT2D eigenvalue weighted by Crippen LogP contribution is 2.26. The molecule has 0 aliphatic rings. The number of nitrogens with one attached hydrogen (secondary N) is 1. The van der Waals surface area contributed by atoms with Crippen LogP contribution < -0.4 is 10.9 Å². The molecule has 0 aliphatic heterocycles. The van der Waals surface area contributed by atoms with Crippen LogP contribution in [0.25, 0.3) is 16.6 Å². The lowest BCUT2D eigenvalue weighted by Gasteiger charge is -2.17. The summed E-state index contributed by atoms with van der Waals surface area (Å²) in [4.78, 5) is 30.5. The largest absolute Gasteiger partial charge is 0.355 e. The lowest BCUT2D eigenvalue weighted by molar-refractivity contribution is -0.120. The van der Waals surface area contributed by atoms with E-state index in [2.05, 4.69) is 31.3 Å². The average Bonchev–Trinajstić information content (AvgIpc) is 2.77. The number of hydrogen-bond donors (Lipinski definition) is 1. The minimum Gasteiger partial charge on any atom is -0.355 e. The minimum atomic E-state index is -0.366. The number of aromatic nitrogens is 2. The minimum absolute atomic E-state index is 0.0528. The number of thioether (sulfide) groups is 1. The Hall–Kier alpha value is -2.60. The molecule has 2 aromatic carbocycles. The van der Waals surface area contributed by atoms with Crippen molar-refractivity contribution >= 4 is 28.6 Å². The molecule has 5 nitrogen and oxygen atoms in total. The molecule has 0 saturated heterocycles. The number of rotatable bonds is 8. The zero-order valence-corrected chi connectivity index (χ0v) is 18.8. The molecule has 1 amide bonds. The quantitative estimate of drug-likeness (QED) is 0.413. The van der Waals surface area contributed by atoms with Gasteiger partial charge in [0, 0.05) is 6.54 Å². The lowest BCUT2D eigenvalue weighted by atomic mass is 9.98. The second-order valence-electron chi connectivity index (χ2n) is 7.50. The van der Waals surface area contributed by atoms with Gasteiger partial charge in [-0.3, -0.25) is 14.2 Å². The number of fused-ring (bicyclic) bond motifs is 1. The molecule has 0 unspecified atom stereocenters. The lowest BCUT2D eigenvalue weighted by Crippen LogP contribution is -2.32. The molecule has 0 bridgehead atoms. The van der Waals surface area contributed by atoms with Crippen molar-refractivity contribution in [3.8, 4) is 5.69 Å². The first-order chi connectivity index (χ1) is 14.5. The Morgan fingerprint density at radius 2 is 1.80 bits per heavy atom. The van der Waals surface area contributed by atoms with Gasteiger partial charge in [0.05, 0.1) is 21.8 Å². The van der Waals surface area contributed by atoms with Crippen molar-refractivity contribution in [2.75, 3.05) is 6.54 Å². The molecule has 2 atom stereocenters. The van der Waals surface area contributed by atoms with E-state index in [0.717, 1.165) is 18.5 Å². The van der Waals surface area contributed by atoms with E-state index < -0.39 is 0 Å². The van der Waals surface area contributed by atoms with Crippen LogP contribution in [-0.2, 0) is 4.79 Å². The highest BCUT2D eigenvalue weighted by molar-refractivity contribution is 8.00. The molecule has 1 heterocycles. The maximum atomic E-state index is 13.4. The van der Waals surface area contributed by atoms with Crippen LogP contribution in [0, 0.1) is 0 Å². The van der Waals surface area contributed by atoms with Gasteiger partial charge in [-0.25, -0.2) is 4.98 Å². The van der Waals surface area contributed by atoms with E-state index in [4.69, 9.17) is 4.98 Å². The second kappa shape index (κ2) is 9.94. The van der Waals surface area contributed by atoms with Crippen LogP contribution >= 0.6 is 11.8 Å². The molecule has 6 heteroatoms. The summed E-state index contributed by atoms with van der Waals surface area (Å²) in [6.45, 7) is 8.85. The van der Waals surface area contributed by atoms with Gasteiger partial charge in [-0.2, -0.15) is 0 Å². The first-order valence-electron chi connectivity index (χ1n) is 10.5. The molecular formula is C24H29N3O2S. The molecule has 3 aromatic rings. The summed E-state index contributed by atoms with van der Waals surface area (Å²) in [5.41, 5.74) is 2.51. The molecule has 0 radical (unpaired) electrons. The molecule has 30 heavy (non-hydrogen) atoms. The fourth-order valence-corrected chi connectivity index (χ4v) is 4.16. The van der Waals surface area contributed by atoms with Crippen LogP contribution in [0.4, 0.5) is 0 Å². The van der Waals surface area contributed by atoms with E-state index >= 15 is 0 Å². The van der Waals surface area contributed by atoms with Crippen LogP contribution in [0.2, 0.25) is 0 Å². The Labute approximate surface area is 181 Å². The third-order valence-electron chi connectivity index (χ3n) is 5.28. The van der Waals surface area contributed by atoms with Gasteiger partial charge in [0.25, 0.3) is 5.56 Å². The molecule has 1 aromatic heterocycles. The summed E-state index contributed by atoms with van der Waals surface area (Å²) >= 11 is 1.31. The van der Waals surface area contributed by atoms with Crippen molar-refractivity contribution in [2.45, 2.75) is 56.9 Å². The third kappa shape index (κ3) is 4.75. The monoisotopic (exact) mass is 423 g/mol. The number of para-hydroxylation sites is 1. The summed E-state index contributed by atoms with van der Waals surface area (Å²) in [6, 6.07) is 15.4. The van der Waals surface area contributed by atoms with Crippen molar-refractivity contribution in [2.24, 2.45) is 0 Å². The van der Waals surface area contributed by atoms with Crippen LogP contribution in [-0.4, -0.2) is 27.3 Å². The maximum absolute atomic E-state index is 13.4. The first-order valence-corrected chi connectivity index (χ1v) is 11.4. The summed E-state index contributed by atoms with van der Waals surface area (Å²) in [6.07, 6.45) is 1.94. The number of benzene rings is 2. The van der Waals surface area contributed by atoms with E-state index in [1.807, 2.05) is 44.2 Å². The van der Waals surface area contributed by atoms with E-state index in [1.54, 1.807) is 10.6 Å². The normalized spacial score (nSPS) is 13.2. The topological polar surface area (TPSA) is 64.0 Å². The van der Waals surface area contributed by atoms with Gasteiger partial charge in [-0.05, 0) is 55.5 Å². The average molecular weight is 424 g/mol. The van der Waals surface area contributed by atoms with Crippen molar-refractivity contribution in [3.05, 3.63) is 64.4 Å². The molecule has 1 N–H and O–H groups in total. The Bertz CT molecular complexity index is 1080. The van der Waals surface area contributed by atoms with Gasteiger partial charge >= 0.3 is 0 Å². The Balaban J connectivity index is 2.07. The van der Waals surface area contributed by atoms with Gasteiger partial charge in [-0.1, -0.05) is 56.8 Å². The molecule has 0 spiro atoms. The molecule has 3 rings (SSSR count). The Morgan fingerprint density at radius 1 is 1.10 bits per heavy atom. The molecular weight excluding hydrogens is 394 g/mol. The van der Waals surface area contributed by atoms with Gasteiger partial charge in [0.15, 0.2) is 5.16 Å². The standard InChI is InChI=1S/C24H29N3O2S/c1-5-15-25-22(28)17(4)30-24-26-21-10-8-7-9-20(21)23(29)27(24)19-13-11-18(12-14-19)16(3)6-2/h7-14,16-17H,5-6,15H2,1-4H3,(H,25,28)/t16-,17-/m1/s1. The van der Waals surface area contributed by atoms with Gasteiger partial charge < -0.3 is 5.32 Å². The summed E-state index contributed by atoms with van der Waals surface area (Å²) in [5, 5.41) is 3.64. The van der Waals surface area contributed by atoms with Crippen molar-refractivity contribution in [3.63, 3.8) is 0 Å².